The van der Waals surface area contributed by atoms with Crippen molar-refractivity contribution in [2.75, 3.05) is 12.3 Å². The normalized spacial score (nSPS) is 28.7. The second kappa shape index (κ2) is 13.0. The van der Waals surface area contributed by atoms with Crippen molar-refractivity contribution in [2.45, 2.75) is 68.8 Å². The molecule has 4 aromatic heterocycles. The SMILES string of the molecule is Cc1cc2nc3c(=O)[nH]c(=O)[nH]c3[n+](C[C@H](O)[C@]3(O)[C@H](O)[C@H]3OP(=O)(O)OP(=O)(O)OC[C@H]3O[C@@H](n4cnc5c(N)ncnc54)[C@H](O)[C@@H]3O)c2cc1C. The van der Waals surface area contributed by atoms with Crippen LogP contribution in [-0.2, 0) is 33.8 Å². The Kier molecular flexibility index (Phi) is 9.14. The van der Waals surface area contributed by atoms with Gasteiger partial charge in [0.2, 0.25) is 5.52 Å². The maximum Gasteiger partial charge on any atom is 0.481 e. The number of H-pyrrole nitrogens is 2. The molecular weight excluding hydrogens is 752 g/mol. The molecule has 5 heterocycles. The molecular formula is C27H32N9O15P2+. The molecule has 1 aromatic carbocycles. The van der Waals surface area contributed by atoms with Crippen LogP contribution >= 0.6 is 15.6 Å². The van der Waals surface area contributed by atoms with Crippen molar-refractivity contribution >= 4 is 54.8 Å². The predicted molar refractivity (Wildman–Crippen MR) is 174 cm³/mol. The third-order valence-corrected chi connectivity index (χ3v) is 11.8. The summed E-state index contributed by atoms with van der Waals surface area (Å²) in [7, 11) is -11.2. The van der Waals surface area contributed by atoms with Gasteiger partial charge in [-0.15, -0.1) is 0 Å². The molecule has 2 aliphatic rings. The van der Waals surface area contributed by atoms with E-state index in [0.29, 0.717) is 5.52 Å². The van der Waals surface area contributed by atoms with E-state index in [1.807, 2.05) is 4.98 Å². The van der Waals surface area contributed by atoms with E-state index >= 15 is 0 Å². The van der Waals surface area contributed by atoms with Gasteiger partial charge in [-0.25, -0.2) is 38.4 Å². The number of hydrogen-bond acceptors (Lipinski definition) is 18. The number of aliphatic hydroxyl groups is 5. The lowest BCUT2D eigenvalue weighted by atomic mass is 10.1. The van der Waals surface area contributed by atoms with E-state index in [9.17, 15) is 54.0 Å². The molecule has 0 amide bonds. The Morgan fingerprint density at radius 2 is 1.77 bits per heavy atom. The van der Waals surface area contributed by atoms with Crippen molar-refractivity contribution in [2.24, 2.45) is 0 Å². The number of phosphoric ester groups is 2. The van der Waals surface area contributed by atoms with E-state index in [1.54, 1.807) is 26.0 Å². The highest BCUT2D eigenvalue weighted by molar-refractivity contribution is 7.61. The highest BCUT2D eigenvalue weighted by Gasteiger charge is 2.72. The topological polar surface area (TPSA) is 365 Å². The Balaban J connectivity index is 1.03. The molecule has 2 unspecified atom stereocenters. The second-order valence-corrected chi connectivity index (χ2v) is 15.6. The number of rotatable bonds is 11. The summed E-state index contributed by atoms with van der Waals surface area (Å²) in [6, 6.07) is 3.28. The van der Waals surface area contributed by atoms with E-state index in [-0.39, 0.29) is 33.7 Å². The fraction of sp³-hybridized carbons (Fsp3) is 0.444. The first-order valence-electron chi connectivity index (χ1n) is 15.5. The van der Waals surface area contributed by atoms with E-state index < -0.39 is 88.5 Å². The summed E-state index contributed by atoms with van der Waals surface area (Å²) >= 11 is 0. The van der Waals surface area contributed by atoms with Gasteiger partial charge in [0.05, 0.1) is 12.9 Å². The fourth-order valence-electron chi connectivity index (χ4n) is 6.12. The van der Waals surface area contributed by atoms with E-state index in [0.717, 1.165) is 17.5 Å². The summed E-state index contributed by atoms with van der Waals surface area (Å²) in [6.07, 6.45) is -10.0. The van der Waals surface area contributed by atoms with Crippen molar-refractivity contribution < 1.29 is 67.1 Å². The Bertz CT molecular complexity index is 2500. The van der Waals surface area contributed by atoms with Crippen LogP contribution in [0.4, 0.5) is 5.82 Å². The average Bonchev–Trinajstić information content (AvgIpc) is 3.34. The number of hydrogen-bond donors (Lipinski definition) is 10. The van der Waals surface area contributed by atoms with Gasteiger partial charge in [-0.1, -0.05) is 0 Å². The lowest BCUT2D eigenvalue weighted by molar-refractivity contribution is -0.657. The minimum Gasteiger partial charge on any atom is -0.387 e. The van der Waals surface area contributed by atoms with Crippen molar-refractivity contribution in [1.29, 1.82) is 0 Å². The number of phosphoric acid groups is 2. The van der Waals surface area contributed by atoms with Gasteiger partial charge in [0.1, 0.15) is 60.5 Å². The maximum atomic E-state index is 12.8. The van der Waals surface area contributed by atoms with Crippen LogP contribution in [0.5, 0.6) is 0 Å². The molecule has 1 saturated heterocycles. The number of nitrogens with one attached hydrogen (secondary N) is 2. The van der Waals surface area contributed by atoms with Gasteiger partial charge in [-0.3, -0.25) is 23.4 Å². The molecule has 1 saturated carbocycles. The Morgan fingerprint density at radius 3 is 2.51 bits per heavy atom. The first kappa shape index (κ1) is 37.2. The molecule has 26 heteroatoms. The lowest BCUT2D eigenvalue weighted by Crippen LogP contribution is -2.50. The summed E-state index contributed by atoms with van der Waals surface area (Å²) < 4.78 is 47.4. The van der Waals surface area contributed by atoms with Crippen LogP contribution in [-0.4, -0.2) is 119 Å². The Morgan fingerprint density at radius 1 is 1.06 bits per heavy atom. The molecule has 1 aliphatic heterocycles. The van der Waals surface area contributed by atoms with Crippen molar-refractivity contribution in [3.63, 3.8) is 0 Å². The zero-order valence-electron chi connectivity index (χ0n) is 27.3. The zero-order valence-corrected chi connectivity index (χ0v) is 29.1. The van der Waals surface area contributed by atoms with Gasteiger partial charge in [0, 0.05) is 0 Å². The number of imidazole rings is 1. The van der Waals surface area contributed by atoms with Gasteiger partial charge >= 0.3 is 27.0 Å². The minimum atomic E-state index is -5.69. The van der Waals surface area contributed by atoms with Crippen LogP contribution in [0.15, 0.2) is 34.4 Å². The third kappa shape index (κ3) is 6.56. The van der Waals surface area contributed by atoms with Crippen molar-refractivity contribution in [3.8, 4) is 0 Å². The smallest absolute Gasteiger partial charge is 0.387 e. The first-order valence-corrected chi connectivity index (χ1v) is 18.5. The largest absolute Gasteiger partial charge is 0.481 e. The van der Waals surface area contributed by atoms with Gasteiger partial charge < -0.3 is 45.8 Å². The summed E-state index contributed by atoms with van der Waals surface area (Å²) in [5.74, 6) is 0.0257. The number of anilines is 1. The van der Waals surface area contributed by atoms with Crippen molar-refractivity contribution in [3.05, 3.63) is 56.8 Å². The Labute approximate surface area is 294 Å². The number of aromatic amines is 2. The predicted octanol–water partition coefficient (Wildman–Crippen LogP) is -3.20. The second-order valence-electron chi connectivity index (χ2n) is 12.6. The minimum absolute atomic E-state index is 0.0257. The molecule has 53 heavy (non-hydrogen) atoms. The maximum absolute atomic E-state index is 12.8. The fourth-order valence-corrected chi connectivity index (χ4v) is 8.41. The number of aromatic nitrogens is 8. The number of nitrogen functional groups attached to an aromatic ring is 1. The summed E-state index contributed by atoms with van der Waals surface area (Å²) in [5, 5.41) is 53.9. The van der Waals surface area contributed by atoms with Crippen LogP contribution < -0.4 is 21.5 Å². The molecule has 10 atom stereocenters. The number of aryl methyl sites for hydroxylation is 2. The molecule has 7 rings (SSSR count). The number of ether oxygens (including phenoxy) is 1. The summed E-state index contributed by atoms with van der Waals surface area (Å²) in [6.45, 7) is 1.94. The number of fused-ring (bicyclic) bond motifs is 3. The lowest BCUT2D eigenvalue weighted by Gasteiger charge is -2.21. The number of nitrogens with zero attached hydrogens (tertiary/aromatic N) is 6. The summed E-state index contributed by atoms with van der Waals surface area (Å²) in [4.78, 5) is 65.9. The van der Waals surface area contributed by atoms with Crippen LogP contribution in [0, 0.1) is 13.8 Å². The van der Waals surface area contributed by atoms with Crippen LogP contribution in [0.25, 0.3) is 33.4 Å². The number of aliphatic hydroxyl groups excluding tert-OH is 4. The summed E-state index contributed by atoms with van der Waals surface area (Å²) in [5.41, 5.74) is 3.34. The van der Waals surface area contributed by atoms with E-state index in [2.05, 4.69) is 29.2 Å². The van der Waals surface area contributed by atoms with Crippen LogP contribution in [0.2, 0.25) is 0 Å². The molecule has 0 bridgehead atoms. The van der Waals surface area contributed by atoms with Gasteiger partial charge in [-0.2, -0.15) is 9.29 Å². The molecule has 24 nitrogen and oxygen atoms in total. The molecule has 5 aromatic rings. The molecule has 284 valence electrons. The Hall–Kier alpha value is -4.13. The number of nitrogens with two attached hydrogens (primary N) is 1. The zero-order chi connectivity index (χ0) is 38.4. The standard InChI is InChI=1S/C27H31N9O15P2/c1-9-3-11-12(4-10(9)2)35(23-16(32-11)24(41)34-26(42)33-23)5-14(37)27(43)19(40)20(27)50-53(46,47)51-52(44,45)48-6-13-17(38)18(39)25(49-13)36-8-31-15-21(28)29-7-30-22(15)36/h3-4,7-8,13-14,17-20,25,37-40,43H,5-6H2,1-2H3,(H5,28,29,30,34,41,42,44,45,46,47)/p+1/t13-,14+,17-,18-,19-,20-,25-,27+/m1/s1. The molecule has 0 radical (unpaired) electrons. The monoisotopic (exact) mass is 784 g/mol. The van der Waals surface area contributed by atoms with Gasteiger partial charge in [0.15, 0.2) is 28.8 Å². The first-order chi connectivity index (χ1) is 24.8. The van der Waals surface area contributed by atoms with Crippen LogP contribution in [0.3, 0.4) is 0 Å². The van der Waals surface area contributed by atoms with Crippen molar-refractivity contribution in [1.82, 2.24) is 34.5 Å². The van der Waals surface area contributed by atoms with Crippen LogP contribution in [0.1, 0.15) is 17.4 Å². The van der Waals surface area contributed by atoms with E-state index in [1.165, 1.54) is 15.5 Å². The molecule has 0 spiro atoms. The average molecular weight is 785 g/mol. The van der Waals surface area contributed by atoms with E-state index in [4.69, 9.17) is 19.5 Å². The highest BCUT2D eigenvalue weighted by atomic mass is 31.3. The third-order valence-electron chi connectivity index (χ3n) is 9.13. The van der Waals surface area contributed by atoms with Gasteiger partial charge in [0.25, 0.3) is 5.56 Å². The molecule has 1 aliphatic carbocycles. The highest BCUT2D eigenvalue weighted by Crippen LogP contribution is 2.64. The molecule has 11 N–H and O–H groups in total. The molecule has 2 fully saturated rings. The quantitative estimate of drug-likeness (QED) is 0.0358. The number of benzene rings is 1. The van der Waals surface area contributed by atoms with Gasteiger partial charge in [-0.05, 0) is 37.1 Å².